The van der Waals surface area contributed by atoms with Gasteiger partial charge in [-0.3, -0.25) is 34.2 Å². The summed E-state index contributed by atoms with van der Waals surface area (Å²) >= 11 is 1.38. The van der Waals surface area contributed by atoms with Crippen LogP contribution in [0.2, 0.25) is 0 Å². The summed E-state index contributed by atoms with van der Waals surface area (Å²) in [6.45, 7) is 4.12. The number of nitrogens with zero attached hydrogens (tertiary/aromatic N) is 3. The van der Waals surface area contributed by atoms with Gasteiger partial charge in [0.05, 0.1) is 56.5 Å². The fourth-order valence-corrected chi connectivity index (χ4v) is 7.34. The summed E-state index contributed by atoms with van der Waals surface area (Å²) in [6.07, 6.45) is 1.78. The van der Waals surface area contributed by atoms with E-state index >= 15 is 0 Å². The SMILES string of the molecule is O=C(CCCOCCOCCOCCCc1cccc2c1C(=O)N(C1CCC(=O)NC1=O)C2=O)COc1c(-c2csc(N3CCOCC3)n2)ccc(F)c1F. The Hall–Kier alpha value is -4.68. The van der Waals surface area contributed by atoms with Crippen molar-refractivity contribution in [3.63, 3.8) is 0 Å². The highest BCUT2D eigenvalue weighted by molar-refractivity contribution is 7.14. The monoisotopic (exact) mass is 784 g/mol. The first-order chi connectivity index (χ1) is 26.7. The van der Waals surface area contributed by atoms with E-state index in [1.807, 2.05) is 0 Å². The summed E-state index contributed by atoms with van der Waals surface area (Å²) in [5.74, 6) is -5.02. The number of Topliss-reactive ketones (excluding diaryl/α,β-unsaturated/α-hetero) is 1. The second-order valence-electron chi connectivity index (χ2n) is 13.0. The number of hydrogen-bond donors (Lipinski definition) is 1. The van der Waals surface area contributed by atoms with Crippen molar-refractivity contribution in [1.82, 2.24) is 15.2 Å². The number of ether oxygens (including phenoxy) is 5. The Morgan fingerprint density at radius 1 is 0.909 bits per heavy atom. The maximum Gasteiger partial charge on any atom is 0.262 e. The predicted octanol–water partition coefficient (Wildman–Crippen LogP) is 3.74. The van der Waals surface area contributed by atoms with Gasteiger partial charge in [-0.1, -0.05) is 12.1 Å². The van der Waals surface area contributed by atoms with Crippen LogP contribution in [-0.4, -0.2) is 118 Å². The number of ketones is 1. The highest BCUT2D eigenvalue weighted by Gasteiger charge is 2.45. The summed E-state index contributed by atoms with van der Waals surface area (Å²) < 4.78 is 56.5. The fourth-order valence-electron chi connectivity index (χ4n) is 6.46. The van der Waals surface area contributed by atoms with Gasteiger partial charge in [-0.05, 0) is 49.4 Å². The normalized spacial score (nSPS) is 17.2. The third-order valence-corrected chi connectivity index (χ3v) is 10.2. The highest BCUT2D eigenvalue weighted by atomic mass is 32.1. The number of carbonyl (C=O) groups excluding carboxylic acids is 5. The molecule has 0 bridgehead atoms. The van der Waals surface area contributed by atoms with Crippen LogP contribution in [-0.2, 0) is 39.8 Å². The Balaban J connectivity index is 0.816. The third kappa shape index (κ3) is 9.96. The average molecular weight is 785 g/mol. The molecule has 4 heterocycles. The zero-order valence-corrected chi connectivity index (χ0v) is 31.0. The molecule has 1 aromatic heterocycles. The Morgan fingerprint density at radius 3 is 2.38 bits per heavy atom. The first kappa shape index (κ1) is 40.0. The van der Waals surface area contributed by atoms with Crippen LogP contribution in [0.3, 0.4) is 0 Å². The zero-order valence-electron chi connectivity index (χ0n) is 30.2. The molecule has 3 aliphatic rings. The van der Waals surface area contributed by atoms with E-state index in [4.69, 9.17) is 23.7 Å². The van der Waals surface area contributed by atoms with Crippen molar-refractivity contribution in [3.05, 3.63) is 64.0 Å². The number of hydrogen-bond acceptors (Lipinski definition) is 13. The molecule has 1 N–H and O–H groups in total. The molecule has 17 heteroatoms. The number of nitrogens with one attached hydrogen (secondary N) is 1. The number of aromatic nitrogens is 1. The minimum atomic E-state index is -1.17. The lowest BCUT2D eigenvalue weighted by Crippen LogP contribution is -2.54. The number of rotatable bonds is 20. The molecular formula is C38H42F2N4O10S. The van der Waals surface area contributed by atoms with Crippen LogP contribution in [0.5, 0.6) is 5.75 Å². The lowest BCUT2D eigenvalue weighted by molar-refractivity contribution is -0.136. The molecule has 2 fully saturated rings. The van der Waals surface area contributed by atoms with Crippen LogP contribution >= 0.6 is 11.3 Å². The van der Waals surface area contributed by atoms with Gasteiger partial charge in [-0.25, -0.2) is 9.37 Å². The van der Waals surface area contributed by atoms with E-state index in [0.717, 1.165) is 16.1 Å². The molecule has 294 valence electrons. The van der Waals surface area contributed by atoms with Crippen LogP contribution in [0, 0.1) is 11.6 Å². The lowest BCUT2D eigenvalue weighted by atomic mass is 9.99. The van der Waals surface area contributed by atoms with E-state index in [1.54, 1.807) is 23.6 Å². The molecule has 0 spiro atoms. The molecule has 1 atom stereocenters. The number of piperidine rings is 1. The van der Waals surface area contributed by atoms with Crippen LogP contribution in [0.1, 0.15) is 58.4 Å². The quantitative estimate of drug-likeness (QED) is 0.131. The number of carbonyl (C=O) groups is 5. The molecule has 55 heavy (non-hydrogen) atoms. The summed E-state index contributed by atoms with van der Waals surface area (Å²) in [5, 5.41) is 4.69. The number of benzene rings is 2. The number of morpholine rings is 1. The van der Waals surface area contributed by atoms with Crippen LogP contribution in [0.15, 0.2) is 35.7 Å². The van der Waals surface area contributed by atoms with E-state index in [2.05, 4.69) is 15.2 Å². The number of aryl methyl sites for hydroxylation is 1. The van der Waals surface area contributed by atoms with Crippen molar-refractivity contribution < 1.29 is 56.4 Å². The fraction of sp³-hybridized carbons (Fsp3) is 0.474. The van der Waals surface area contributed by atoms with E-state index in [9.17, 15) is 32.8 Å². The molecule has 0 aliphatic carbocycles. The third-order valence-electron chi connectivity index (χ3n) is 9.25. The number of imide groups is 2. The standard InChI is InChI=1S/C38H42F2N4O10S/c39-28-9-8-26(29-23-55-38(41-29)43-12-16-52-17-13-43)34(33(28)40)54-22-25(45)6-3-15-51-19-21-53-20-18-50-14-2-5-24-4-1-7-27-32(24)37(49)44(36(27)48)30-10-11-31(46)42-35(30)47/h1,4,7-9,23,30H,2-3,5-6,10-22H2,(H,42,46,47). The number of fused-ring (bicyclic) bond motifs is 1. The molecule has 0 saturated carbocycles. The first-order valence-electron chi connectivity index (χ1n) is 18.2. The van der Waals surface area contributed by atoms with Crippen molar-refractivity contribution in [2.45, 2.75) is 44.6 Å². The topological polar surface area (TPSA) is 163 Å². The largest absolute Gasteiger partial charge is 0.482 e. The van der Waals surface area contributed by atoms with Gasteiger partial charge in [-0.2, -0.15) is 4.39 Å². The van der Waals surface area contributed by atoms with Gasteiger partial charge < -0.3 is 28.6 Å². The Labute approximate surface area is 320 Å². The van der Waals surface area contributed by atoms with Gasteiger partial charge in [0.25, 0.3) is 11.8 Å². The first-order valence-corrected chi connectivity index (χ1v) is 19.1. The van der Waals surface area contributed by atoms with Crippen LogP contribution < -0.4 is 15.0 Å². The molecule has 14 nitrogen and oxygen atoms in total. The second kappa shape index (κ2) is 19.3. The van der Waals surface area contributed by atoms with Gasteiger partial charge in [0.1, 0.15) is 12.6 Å². The zero-order chi connectivity index (χ0) is 38.7. The summed E-state index contributed by atoms with van der Waals surface area (Å²) in [6, 6.07) is 6.45. The number of amides is 4. The average Bonchev–Trinajstić information content (AvgIpc) is 3.77. The lowest BCUT2D eigenvalue weighted by Gasteiger charge is -2.27. The van der Waals surface area contributed by atoms with Gasteiger partial charge in [0.2, 0.25) is 17.6 Å². The van der Waals surface area contributed by atoms with Crippen LogP contribution in [0.4, 0.5) is 13.9 Å². The molecular weight excluding hydrogens is 742 g/mol. The molecule has 2 aromatic carbocycles. The van der Waals surface area contributed by atoms with Crippen LogP contribution in [0.25, 0.3) is 11.3 Å². The van der Waals surface area contributed by atoms with Gasteiger partial charge in [0.15, 0.2) is 22.5 Å². The minimum Gasteiger partial charge on any atom is -0.482 e. The Morgan fingerprint density at radius 2 is 1.64 bits per heavy atom. The summed E-state index contributed by atoms with van der Waals surface area (Å²) in [5.41, 5.74) is 1.93. The molecule has 0 radical (unpaired) electrons. The predicted molar refractivity (Wildman–Crippen MR) is 194 cm³/mol. The summed E-state index contributed by atoms with van der Waals surface area (Å²) in [7, 11) is 0. The molecule has 3 aromatic rings. The minimum absolute atomic E-state index is 0.0592. The molecule has 4 amide bonds. The summed E-state index contributed by atoms with van der Waals surface area (Å²) in [4.78, 5) is 70.2. The van der Waals surface area contributed by atoms with Crippen molar-refractivity contribution in [3.8, 4) is 17.0 Å². The van der Waals surface area contributed by atoms with Gasteiger partial charge >= 0.3 is 0 Å². The van der Waals surface area contributed by atoms with Gasteiger partial charge in [-0.15, -0.1) is 11.3 Å². The Kier molecular flexibility index (Phi) is 14.0. The molecule has 3 aliphatic heterocycles. The van der Waals surface area contributed by atoms with E-state index in [1.165, 1.54) is 17.4 Å². The number of anilines is 1. The Bertz CT molecular complexity index is 1890. The smallest absolute Gasteiger partial charge is 0.262 e. The van der Waals surface area contributed by atoms with E-state index in [0.29, 0.717) is 96.5 Å². The maximum atomic E-state index is 14.8. The molecule has 1 unspecified atom stereocenters. The molecule has 2 saturated heterocycles. The second-order valence-corrected chi connectivity index (χ2v) is 13.8. The van der Waals surface area contributed by atoms with Crippen molar-refractivity contribution in [2.24, 2.45) is 0 Å². The maximum absolute atomic E-state index is 14.8. The van der Waals surface area contributed by atoms with Crippen molar-refractivity contribution >= 4 is 45.9 Å². The number of thiazole rings is 1. The van der Waals surface area contributed by atoms with E-state index in [-0.39, 0.29) is 47.5 Å². The van der Waals surface area contributed by atoms with E-state index < -0.39 is 47.9 Å². The molecule has 6 rings (SSSR count). The number of halogens is 2. The van der Waals surface area contributed by atoms with Crippen molar-refractivity contribution in [2.75, 3.05) is 77.5 Å². The van der Waals surface area contributed by atoms with Gasteiger partial charge in [0, 0.05) is 50.1 Å². The highest BCUT2D eigenvalue weighted by Crippen LogP contribution is 2.37. The van der Waals surface area contributed by atoms with Crippen molar-refractivity contribution in [1.29, 1.82) is 0 Å².